The number of rotatable bonds is 7. The van der Waals surface area contributed by atoms with Gasteiger partial charge in [0.05, 0.1) is 26.2 Å². The molecule has 0 heterocycles. The summed E-state index contributed by atoms with van der Waals surface area (Å²) in [6.07, 6.45) is 1.62. The topological polar surface area (TPSA) is 49.3 Å². The van der Waals surface area contributed by atoms with Gasteiger partial charge < -0.3 is 18.9 Å². The molecule has 0 aliphatic rings. The fourth-order valence-electron chi connectivity index (χ4n) is 2.51. The van der Waals surface area contributed by atoms with Gasteiger partial charge in [-0.3, -0.25) is 0 Å². The molecule has 0 radical (unpaired) electrons. The van der Waals surface area contributed by atoms with E-state index in [9.17, 15) is 0 Å². The van der Waals surface area contributed by atoms with E-state index < -0.39 is 0 Å². The summed E-state index contributed by atoms with van der Waals surface area (Å²) < 4.78 is 22.5. The Balaban J connectivity index is 1.90. The minimum absolute atomic E-state index is 0.416. The van der Waals surface area contributed by atoms with Crippen LogP contribution in [0.5, 0.6) is 23.0 Å². The van der Waals surface area contributed by atoms with E-state index in [0.29, 0.717) is 23.1 Å². The van der Waals surface area contributed by atoms with Crippen molar-refractivity contribution in [2.75, 3.05) is 14.2 Å². The van der Waals surface area contributed by atoms with Crippen LogP contribution in [-0.4, -0.2) is 20.1 Å². The van der Waals surface area contributed by atoms with Crippen molar-refractivity contribution in [3.63, 3.8) is 0 Å². The molecule has 5 heteroatoms. The normalized spacial score (nSPS) is 11.7. The lowest BCUT2D eigenvalue weighted by Crippen LogP contribution is -2.11. The molecule has 0 aliphatic heterocycles. The lowest BCUT2D eigenvalue weighted by atomic mass is 10.2. The maximum absolute atomic E-state index is 6.08. The molecule has 0 aromatic heterocycles. The van der Waals surface area contributed by atoms with Crippen molar-refractivity contribution in [1.29, 1.82) is 0 Å². The number of methoxy groups -OCH3 is 2. The van der Waals surface area contributed by atoms with Gasteiger partial charge in [-0.2, -0.15) is 0 Å². The fraction of sp³-hybridized carbons (Fsp3) is 0.125. The third-order valence-electron chi connectivity index (χ3n) is 4.01. The van der Waals surface area contributed by atoms with Crippen LogP contribution in [0.3, 0.4) is 0 Å². The van der Waals surface area contributed by atoms with Crippen LogP contribution >= 0.6 is 0 Å². The molecule has 0 saturated heterocycles. The number of aliphatic imine (C=N–C) groups is 1. The van der Waals surface area contributed by atoms with Crippen LogP contribution in [-0.2, 0) is 0 Å². The summed E-state index contributed by atoms with van der Waals surface area (Å²) in [5.74, 6) is 2.92. The summed E-state index contributed by atoms with van der Waals surface area (Å²) in [5, 5.41) is 0. The zero-order valence-electron chi connectivity index (χ0n) is 16.7. The first-order valence-corrected chi connectivity index (χ1v) is 9.12. The average molecular weight is 389 g/mol. The summed E-state index contributed by atoms with van der Waals surface area (Å²) in [5.41, 5.74) is 1.50. The summed E-state index contributed by atoms with van der Waals surface area (Å²) in [6, 6.07) is 24.5. The molecule has 3 aromatic carbocycles. The molecule has 0 amide bonds. The van der Waals surface area contributed by atoms with Crippen LogP contribution in [0, 0.1) is 0 Å². The van der Waals surface area contributed by atoms with Gasteiger partial charge in [0.1, 0.15) is 11.5 Å². The van der Waals surface area contributed by atoms with E-state index in [-0.39, 0.29) is 0 Å². The Bertz CT molecular complexity index is 982. The van der Waals surface area contributed by atoms with E-state index in [1.165, 1.54) is 0 Å². The summed E-state index contributed by atoms with van der Waals surface area (Å²) in [7, 11) is 3.17. The second kappa shape index (κ2) is 9.99. The molecule has 3 aromatic rings. The Morgan fingerprint density at radius 1 is 0.759 bits per heavy atom. The Hall–Kier alpha value is -3.73. The molecule has 5 nitrogen and oxygen atoms in total. The first-order valence-electron chi connectivity index (χ1n) is 9.12. The first-order chi connectivity index (χ1) is 14.2. The number of benzene rings is 3. The van der Waals surface area contributed by atoms with Crippen molar-refractivity contribution in [1.82, 2.24) is 0 Å². The Morgan fingerprint density at radius 3 is 2.07 bits per heavy atom. The van der Waals surface area contributed by atoms with Gasteiger partial charge in [0.2, 0.25) is 5.90 Å². The van der Waals surface area contributed by atoms with E-state index in [2.05, 4.69) is 4.99 Å². The number of para-hydroxylation sites is 2. The van der Waals surface area contributed by atoms with Gasteiger partial charge in [-0.05, 0) is 43.3 Å². The molecule has 0 saturated carbocycles. The number of ether oxygens (including phenoxy) is 4. The highest BCUT2D eigenvalue weighted by Gasteiger charge is 2.11. The fourth-order valence-corrected chi connectivity index (χ4v) is 2.51. The molecule has 0 unspecified atom stereocenters. The number of hydrogen-bond acceptors (Lipinski definition) is 5. The van der Waals surface area contributed by atoms with Gasteiger partial charge in [0, 0.05) is 11.6 Å². The van der Waals surface area contributed by atoms with Crippen molar-refractivity contribution >= 4 is 11.6 Å². The maximum atomic E-state index is 6.08. The lowest BCUT2D eigenvalue weighted by molar-refractivity contribution is 0.353. The van der Waals surface area contributed by atoms with Gasteiger partial charge in [-0.1, -0.05) is 36.4 Å². The second-order valence-corrected chi connectivity index (χ2v) is 6.10. The lowest BCUT2D eigenvalue weighted by Gasteiger charge is -2.13. The largest absolute Gasteiger partial charge is 0.493 e. The molecule has 0 atom stereocenters. The van der Waals surface area contributed by atoms with Crippen LogP contribution in [0.15, 0.2) is 95.7 Å². The highest BCUT2D eigenvalue weighted by Crippen LogP contribution is 2.31. The molecular weight excluding hydrogens is 366 g/mol. The predicted octanol–water partition coefficient (Wildman–Crippen LogP) is 5.80. The number of nitrogens with zero attached hydrogens (tertiary/aromatic N) is 1. The molecule has 29 heavy (non-hydrogen) atoms. The van der Waals surface area contributed by atoms with Gasteiger partial charge in [0.25, 0.3) is 0 Å². The van der Waals surface area contributed by atoms with Crippen molar-refractivity contribution in [3.05, 3.63) is 90.7 Å². The minimum Gasteiger partial charge on any atom is -0.493 e. The van der Waals surface area contributed by atoms with Crippen LogP contribution in [0.1, 0.15) is 6.92 Å². The molecule has 0 aliphatic carbocycles. The summed E-state index contributed by atoms with van der Waals surface area (Å²) in [6.45, 7) is 1.88. The summed E-state index contributed by atoms with van der Waals surface area (Å²) >= 11 is 0. The van der Waals surface area contributed by atoms with Crippen molar-refractivity contribution < 1.29 is 18.9 Å². The molecule has 3 rings (SSSR count). The average Bonchev–Trinajstić information content (AvgIpc) is 2.78. The predicted molar refractivity (Wildman–Crippen MR) is 115 cm³/mol. The standard InChI is InChI=1S/C24H23NO4/c1-18(17-28-20-12-8-5-9-13-20)24(25-19-10-6-4-7-11-19)29-21-14-15-22(26-2)23(16-21)27-3/h4-17H,1-3H3/b18-17+,25-24-. The monoisotopic (exact) mass is 389 g/mol. The first kappa shape index (κ1) is 20.0. The Labute approximate surface area is 170 Å². The van der Waals surface area contributed by atoms with E-state index in [1.807, 2.05) is 67.6 Å². The molecular formula is C24H23NO4. The van der Waals surface area contributed by atoms with Crippen LogP contribution < -0.4 is 18.9 Å². The van der Waals surface area contributed by atoms with Crippen LogP contribution in [0.2, 0.25) is 0 Å². The van der Waals surface area contributed by atoms with E-state index in [0.717, 1.165) is 17.0 Å². The second-order valence-electron chi connectivity index (χ2n) is 6.10. The van der Waals surface area contributed by atoms with Crippen molar-refractivity contribution in [3.8, 4) is 23.0 Å². The van der Waals surface area contributed by atoms with Crippen LogP contribution in [0.4, 0.5) is 5.69 Å². The quantitative estimate of drug-likeness (QED) is 0.291. The van der Waals surface area contributed by atoms with Crippen molar-refractivity contribution in [2.45, 2.75) is 6.92 Å². The van der Waals surface area contributed by atoms with Crippen molar-refractivity contribution in [2.24, 2.45) is 4.99 Å². The molecule has 0 bridgehead atoms. The molecule has 0 fully saturated rings. The highest BCUT2D eigenvalue weighted by molar-refractivity contribution is 5.96. The molecule has 0 spiro atoms. The third-order valence-corrected chi connectivity index (χ3v) is 4.01. The Morgan fingerprint density at radius 2 is 1.41 bits per heavy atom. The van der Waals surface area contributed by atoms with E-state index in [1.54, 1.807) is 38.7 Å². The zero-order valence-corrected chi connectivity index (χ0v) is 16.7. The highest BCUT2D eigenvalue weighted by atomic mass is 16.5. The third kappa shape index (κ3) is 5.62. The smallest absolute Gasteiger partial charge is 0.225 e. The van der Waals surface area contributed by atoms with Gasteiger partial charge in [0.15, 0.2) is 11.5 Å². The Kier molecular flexibility index (Phi) is 6.90. The molecule has 0 N–H and O–H groups in total. The van der Waals surface area contributed by atoms with Crippen LogP contribution in [0.25, 0.3) is 0 Å². The van der Waals surface area contributed by atoms with Gasteiger partial charge in [-0.15, -0.1) is 0 Å². The minimum atomic E-state index is 0.416. The van der Waals surface area contributed by atoms with E-state index >= 15 is 0 Å². The summed E-state index contributed by atoms with van der Waals surface area (Å²) in [4.78, 5) is 4.64. The maximum Gasteiger partial charge on any atom is 0.225 e. The van der Waals surface area contributed by atoms with E-state index in [4.69, 9.17) is 18.9 Å². The molecule has 148 valence electrons. The number of hydrogen-bond donors (Lipinski definition) is 0. The zero-order chi connectivity index (χ0) is 20.5. The SMILES string of the molecule is COc1ccc(OC(=N\c2ccccc2)/C(C)=C/Oc2ccccc2)cc1OC. The van der Waals surface area contributed by atoms with Gasteiger partial charge >= 0.3 is 0 Å². The van der Waals surface area contributed by atoms with Gasteiger partial charge in [-0.25, -0.2) is 4.99 Å².